The molecule has 0 atom stereocenters. The number of fused-ring (bicyclic) bond motifs is 1. The third-order valence-corrected chi connectivity index (χ3v) is 4.05. The summed E-state index contributed by atoms with van der Waals surface area (Å²) in [5.74, 6) is 0.877. The molecule has 0 saturated carbocycles. The lowest BCUT2D eigenvalue weighted by molar-refractivity contribution is -0.105. The van der Waals surface area contributed by atoms with E-state index in [1.165, 1.54) is 16.7 Å². The van der Waals surface area contributed by atoms with Crippen molar-refractivity contribution in [3.05, 3.63) is 70.8 Å². The lowest BCUT2D eigenvalue weighted by Crippen LogP contribution is -2.08. The molecular formula is C19H18O2. The minimum absolute atomic E-state index is 0.800. The first kappa shape index (κ1) is 13.6. The van der Waals surface area contributed by atoms with Gasteiger partial charge in [-0.2, -0.15) is 0 Å². The molecule has 0 aliphatic heterocycles. The zero-order valence-corrected chi connectivity index (χ0v) is 12.1. The van der Waals surface area contributed by atoms with Gasteiger partial charge in [0.25, 0.3) is 0 Å². The molecule has 3 rings (SSSR count). The van der Waals surface area contributed by atoms with E-state index in [1.807, 2.05) is 24.3 Å². The zero-order valence-electron chi connectivity index (χ0n) is 12.1. The molecule has 1 aliphatic carbocycles. The van der Waals surface area contributed by atoms with Gasteiger partial charge in [0.1, 0.15) is 12.0 Å². The molecule has 2 heteroatoms. The first-order valence-corrected chi connectivity index (χ1v) is 7.20. The second-order valence-electron chi connectivity index (χ2n) is 5.31. The fourth-order valence-electron chi connectivity index (χ4n) is 2.93. The second kappa shape index (κ2) is 5.96. The van der Waals surface area contributed by atoms with Gasteiger partial charge in [-0.1, -0.05) is 36.4 Å². The highest BCUT2D eigenvalue weighted by atomic mass is 16.5. The SMILES string of the molecule is COc1ccc2c(c1)CCC(C=O)=C2Cc1ccccc1. The number of allylic oxidation sites excluding steroid dienone is 2. The summed E-state index contributed by atoms with van der Waals surface area (Å²) in [7, 11) is 1.68. The lowest BCUT2D eigenvalue weighted by Gasteiger charge is -2.22. The van der Waals surface area contributed by atoms with E-state index in [0.717, 1.165) is 42.4 Å². The van der Waals surface area contributed by atoms with Crippen LogP contribution in [0.4, 0.5) is 0 Å². The fourth-order valence-corrected chi connectivity index (χ4v) is 2.93. The van der Waals surface area contributed by atoms with Crippen LogP contribution in [0.1, 0.15) is 23.1 Å². The Balaban J connectivity index is 2.03. The highest BCUT2D eigenvalue weighted by Crippen LogP contribution is 2.34. The van der Waals surface area contributed by atoms with Gasteiger partial charge in [-0.15, -0.1) is 0 Å². The molecule has 0 heterocycles. The summed E-state index contributed by atoms with van der Waals surface area (Å²) in [4.78, 5) is 11.4. The molecular weight excluding hydrogens is 260 g/mol. The molecule has 0 unspecified atom stereocenters. The topological polar surface area (TPSA) is 26.3 Å². The van der Waals surface area contributed by atoms with E-state index >= 15 is 0 Å². The van der Waals surface area contributed by atoms with E-state index in [2.05, 4.69) is 24.3 Å². The first-order chi connectivity index (χ1) is 10.3. The van der Waals surface area contributed by atoms with Crippen LogP contribution in [0.5, 0.6) is 5.75 Å². The summed E-state index contributed by atoms with van der Waals surface area (Å²) in [6, 6.07) is 16.4. The molecule has 0 fully saturated rings. The Bertz CT molecular complexity index is 684. The molecule has 0 amide bonds. The summed E-state index contributed by atoms with van der Waals surface area (Å²) < 4.78 is 5.30. The summed E-state index contributed by atoms with van der Waals surface area (Å²) in [6.45, 7) is 0. The van der Waals surface area contributed by atoms with Crippen molar-refractivity contribution in [2.75, 3.05) is 7.11 Å². The number of ether oxygens (including phenoxy) is 1. The van der Waals surface area contributed by atoms with Gasteiger partial charge in [-0.3, -0.25) is 4.79 Å². The van der Waals surface area contributed by atoms with Crippen molar-refractivity contribution in [2.24, 2.45) is 0 Å². The number of carbonyl (C=O) groups is 1. The maximum Gasteiger partial charge on any atom is 0.146 e. The van der Waals surface area contributed by atoms with Gasteiger partial charge >= 0.3 is 0 Å². The molecule has 1 aliphatic rings. The Kier molecular flexibility index (Phi) is 3.87. The second-order valence-corrected chi connectivity index (χ2v) is 5.31. The number of hydrogen-bond acceptors (Lipinski definition) is 2. The van der Waals surface area contributed by atoms with E-state index < -0.39 is 0 Å². The smallest absolute Gasteiger partial charge is 0.146 e. The van der Waals surface area contributed by atoms with Crippen LogP contribution >= 0.6 is 0 Å². The van der Waals surface area contributed by atoms with Crippen LogP contribution in [-0.4, -0.2) is 13.4 Å². The van der Waals surface area contributed by atoms with Crippen molar-refractivity contribution in [2.45, 2.75) is 19.3 Å². The monoisotopic (exact) mass is 278 g/mol. The third kappa shape index (κ3) is 2.75. The fraction of sp³-hybridized carbons (Fsp3) is 0.211. The van der Waals surface area contributed by atoms with Crippen LogP contribution in [0.2, 0.25) is 0 Å². The molecule has 0 bridgehead atoms. The number of carbonyl (C=O) groups excluding carboxylic acids is 1. The van der Waals surface area contributed by atoms with Crippen LogP contribution in [0, 0.1) is 0 Å². The van der Waals surface area contributed by atoms with Crippen molar-refractivity contribution in [1.82, 2.24) is 0 Å². The normalized spacial score (nSPS) is 13.8. The molecule has 2 nitrogen and oxygen atoms in total. The molecule has 2 aromatic rings. The number of hydrogen-bond donors (Lipinski definition) is 0. The highest BCUT2D eigenvalue weighted by Gasteiger charge is 2.19. The maximum absolute atomic E-state index is 11.4. The van der Waals surface area contributed by atoms with Crippen LogP contribution in [0.25, 0.3) is 5.57 Å². The summed E-state index contributed by atoms with van der Waals surface area (Å²) in [5.41, 5.74) is 5.77. The van der Waals surface area contributed by atoms with Gasteiger partial charge in [0.2, 0.25) is 0 Å². The van der Waals surface area contributed by atoms with Crippen molar-refractivity contribution in [3.63, 3.8) is 0 Å². The Hall–Kier alpha value is -2.35. The van der Waals surface area contributed by atoms with E-state index in [-0.39, 0.29) is 0 Å². The van der Waals surface area contributed by atoms with Crippen molar-refractivity contribution in [3.8, 4) is 5.75 Å². The predicted molar refractivity (Wildman–Crippen MR) is 84.4 cm³/mol. The van der Waals surface area contributed by atoms with Gasteiger partial charge < -0.3 is 4.74 Å². The van der Waals surface area contributed by atoms with Gasteiger partial charge in [0.05, 0.1) is 7.11 Å². The molecule has 0 radical (unpaired) electrons. The minimum atomic E-state index is 0.800. The van der Waals surface area contributed by atoms with Gasteiger partial charge in [0.15, 0.2) is 0 Å². The molecule has 21 heavy (non-hydrogen) atoms. The quantitative estimate of drug-likeness (QED) is 0.794. The summed E-state index contributed by atoms with van der Waals surface area (Å²) in [5, 5.41) is 0. The Morgan fingerprint density at radius 1 is 1.10 bits per heavy atom. The van der Waals surface area contributed by atoms with Crippen LogP contribution in [0.15, 0.2) is 54.1 Å². The number of aldehydes is 1. The molecule has 0 spiro atoms. The Morgan fingerprint density at radius 3 is 2.62 bits per heavy atom. The minimum Gasteiger partial charge on any atom is -0.497 e. The Labute approximate surface area is 125 Å². The summed E-state index contributed by atoms with van der Waals surface area (Å²) in [6.07, 6.45) is 3.53. The van der Waals surface area contributed by atoms with E-state index in [4.69, 9.17) is 4.74 Å². The zero-order chi connectivity index (χ0) is 14.7. The molecule has 0 aromatic heterocycles. The average Bonchev–Trinajstić information content (AvgIpc) is 2.55. The van der Waals surface area contributed by atoms with E-state index in [0.29, 0.717) is 0 Å². The molecule has 0 saturated heterocycles. The molecule has 2 aromatic carbocycles. The van der Waals surface area contributed by atoms with E-state index in [1.54, 1.807) is 7.11 Å². The largest absolute Gasteiger partial charge is 0.497 e. The van der Waals surface area contributed by atoms with Crippen LogP contribution < -0.4 is 4.74 Å². The maximum atomic E-state index is 11.4. The number of methoxy groups -OCH3 is 1. The van der Waals surface area contributed by atoms with Crippen molar-refractivity contribution < 1.29 is 9.53 Å². The van der Waals surface area contributed by atoms with Gasteiger partial charge in [0, 0.05) is 0 Å². The molecule has 106 valence electrons. The number of aryl methyl sites for hydroxylation is 1. The lowest BCUT2D eigenvalue weighted by atomic mass is 9.83. The first-order valence-electron chi connectivity index (χ1n) is 7.20. The summed E-state index contributed by atoms with van der Waals surface area (Å²) >= 11 is 0. The molecule has 0 N–H and O–H groups in total. The predicted octanol–water partition coefficient (Wildman–Crippen LogP) is 3.84. The van der Waals surface area contributed by atoms with Gasteiger partial charge in [-0.25, -0.2) is 0 Å². The number of benzene rings is 2. The van der Waals surface area contributed by atoms with Crippen LogP contribution in [-0.2, 0) is 17.6 Å². The van der Waals surface area contributed by atoms with Crippen molar-refractivity contribution in [1.29, 1.82) is 0 Å². The van der Waals surface area contributed by atoms with Crippen molar-refractivity contribution >= 4 is 11.9 Å². The van der Waals surface area contributed by atoms with E-state index in [9.17, 15) is 4.79 Å². The third-order valence-electron chi connectivity index (χ3n) is 4.05. The Morgan fingerprint density at radius 2 is 1.90 bits per heavy atom. The number of rotatable bonds is 4. The average molecular weight is 278 g/mol. The van der Waals surface area contributed by atoms with Gasteiger partial charge in [-0.05, 0) is 59.2 Å². The van der Waals surface area contributed by atoms with Crippen LogP contribution in [0.3, 0.4) is 0 Å². The standard InChI is InChI=1S/C19H18O2/c1-21-17-9-10-18-15(12-17)7-8-16(13-20)19(18)11-14-5-3-2-4-6-14/h2-6,9-10,12-13H,7-8,11H2,1H3. The highest BCUT2D eigenvalue weighted by molar-refractivity contribution is 5.91.